The van der Waals surface area contributed by atoms with Crippen LogP contribution in [0.4, 0.5) is 0 Å². The molecule has 0 unspecified atom stereocenters. The van der Waals surface area contributed by atoms with Crippen molar-refractivity contribution < 1.29 is 0 Å². The normalized spacial score (nSPS) is 8.71. The molecule has 0 aliphatic heterocycles. The van der Waals surface area contributed by atoms with Crippen LogP contribution in [0.2, 0.25) is 0 Å². The molecule has 1 radical (unpaired) electrons. The average Bonchev–Trinajstić information content (AvgIpc) is 1.69. The number of rotatable bonds is 0. The summed E-state index contributed by atoms with van der Waals surface area (Å²) < 4.78 is 1.13. The Morgan fingerprint density at radius 1 is 1.43 bits per heavy atom. The first-order valence-electron chi connectivity index (χ1n) is 2.05. The van der Waals surface area contributed by atoms with Crippen molar-refractivity contribution in [2.45, 2.75) is 0 Å². The van der Waals surface area contributed by atoms with E-state index in [0.29, 0.717) is 0 Å². The predicted octanol–water partition coefficient (Wildman–Crippen LogP) is 0.0129. The van der Waals surface area contributed by atoms with Crippen LogP contribution < -0.4 is 4.46 Å². The van der Waals surface area contributed by atoms with Gasteiger partial charge in [0.2, 0.25) is 0 Å². The van der Waals surface area contributed by atoms with Gasteiger partial charge in [-0.25, -0.2) is 0 Å². The Morgan fingerprint density at radius 3 is 2.57 bits per heavy atom. The SMILES string of the molecule is [SeH]c1[c]cccc1. The molecular weight excluding hydrogens is 151 g/mol. The first kappa shape index (κ1) is 4.89. The fraction of sp³-hybridized carbons (Fsp3) is 0. The molecule has 0 aromatic heterocycles. The van der Waals surface area contributed by atoms with E-state index in [1.807, 2.05) is 24.3 Å². The van der Waals surface area contributed by atoms with Crippen molar-refractivity contribution in [3.8, 4) is 0 Å². The van der Waals surface area contributed by atoms with Crippen LogP contribution in [-0.2, 0) is 0 Å². The van der Waals surface area contributed by atoms with Gasteiger partial charge in [-0.3, -0.25) is 0 Å². The summed E-state index contributed by atoms with van der Waals surface area (Å²) in [5.74, 6) is 0. The van der Waals surface area contributed by atoms with Crippen LogP contribution in [0.15, 0.2) is 24.3 Å². The van der Waals surface area contributed by atoms with Crippen LogP contribution in [0.25, 0.3) is 0 Å². The molecule has 1 aromatic rings. The Labute approximate surface area is 51.4 Å². The van der Waals surface area contributed by atoms with Gasteiger partial charge >= 0.3 is 50.8 Å². The van der Waals surface area contributed by atoms with Gasteiger partial charge in [-0.05, 0) is 0 Å². The van der Waals surface area contributed by atoms with Crippen molar-refractivity contribution in [3.05, 3.63) is 30.3 Å². The van der Waals surface area contributed by atoms with Gasteiger partial charge < -0.3 is 0 Å². The Bertz CT molecular complexity index is 134. The van der Waals surface area contributed by atoms with Gasteiger partial charge in [0.1, 0.15) is 0 Å². The molecule has 1 heteroatoms. The van der Waals surface area contributed by atoms with Crippen molar-refractivity contribution >= 4 is 20.5 Å². The second kappa shape index (κ2) is 2.15. The summed E-state index contributed by atoms with van der Waals surface area (Å²) in [6, 6.07) is 10.8. The van der Waals surface area contributed by atoms with Crippen LogP contribution in [0.1, 0.15) is 0 Å². The summed E-state index contributed by atoms with van der Waals surface area (Å²) >= 11 is 2.44. The standard InChI is InChI=1S/C6H5Se/c7-6-4-2-1-3-5-6/h1-4,7H. The van der Waals surface area contributed by atoms with E-state index in [9.17, 15) is 0 Å². The molecule has 0 aliphatic carbocycles. The van der Waals surface area contributed by atoms with Crippen molar-refractivity contribution in [1.82, 2.24) is 0 Å². The summed E-state index contributed by atoms with van der Waals surface area (Å²) in [4.78, 5) is 0. The van der Waals surface area contributed by atoms with E-state index in [2.05, 4.69) is 22.1 Å². The second-order valence-electron chi connectivity index (χ2n) is 1.25. The quantitative estimate of drug-likeness (QED) is 0.464. The van der Waals surface area contributed by atoms with Crippen LogP contribution >= 0.6 is 0 Å². The van der Waals surface area contributed by atoms with Gasteiger partial charge in [0.15, 0.2) is 0 Å². The molecule has 0 saturated heterocycles. The van der Waals surface area contributed by atoms with Crippen LogP contribution in [0.5, 0.6) is 0 Å². The summed E-state index contributed by atoms with van der Waals surface area (Å²) in [6.45, 7) is 0. The summed E-state index contributed by atoms with van der Waals surface area (Å²) in [7, 11) is 0. The van der Waals surface area contributed by atoms with E-state index in [-0.39, 0.29) is 0 Å². The van der Waals surface area contributed by atoms with Gasteiger partial charge in [0, 0.05) is 0 Å². The maximum absolute atomic E-state index is 3.00. The molecular formula is C6H5Se. The Balaban J connectivity index is 3.02. The Morgan fingerprint density at radius 2 is 2.29 bits per heavy atom. The van der Waals surface area contributed by atoms with E-state index < -0.39 is 0 Å². The monoisotopic (exact) mass is 157 g/mol. The van der Waals surface area contributed by atoms with Crippen LogP contribution in [0, 0.1) is 6.07 Å². The van der Waals surface area contributed by atoms with Gasteiger partial charge in [0.25, 0.3) is 0 Å². The van der Waals surface area contributed by atoms with Crippen molar-refractivity contribution in [2.75, 3.05) is 0 Å². The first-order chi connectivity index (χ1) is 3.39. The molecule has 0 N–H and O–H groups in total. The van der Waals surface area contributed by atoms with Gasteiger partial charge in [-0.2, -0.15) is 0 Å². The Hall–Kier alpha value is -0.261. The fourth-order valence-electron chi connectivity index (χ4n) is 0.384. The predicted molar refractivity (Wildman–Crippen MR) is 32.1 cm³/mol. The molecule has 0 bridgehead atoms. The minimum atomic E-state index is 1.13. The molecule has 0 spiro atoms. The molecule has 35 valence electrons. The van der Waals surface area contributed by atoms with Gasteiger partial charge in [-0.1, -0.05) is 0 Å². The third-order valence-corrected chi connectivity index (χ3v) is 1.28. The van der Waals surface area contributed by atoms with E-state index >= 15 is 0 Å². The number of benzene rings is 1. The molecule has 0 saturated carbocycles. The second-order valence-corrected chi connectivity index (χ2v) is 2.26. The van der Waals surface area contributed by atoms with Crippen LogP contribution in [0.3, 0.4) is 0 Å². The van der Waals surface area contributed by atoms with Gasteiger partial charge in [0.05, 0.1) is 0 Å². The van der Waals surface area contributed by atoms with Gasteiger partial charge in [-0.15, -0.1) is 0 Å². The van der Waals surface area contributed by atoms with E-state index in [1.165, 1.54) is 0 Å². The van der Waals surface area contributed by atoms with Crippen molar-refractivity contribution in [2.24, 2.45) is 0 Å². The molecule has 0 aliphatic rings. The maximum atomic E-state index is 3.00. The van der Waals surface area contributed by atoms with E-state index in [0.717, 1.165) is 4.46 Å². The third-order valence-electron chi connectivity index (χ3n) is 0.693. The molecule has 7 heavy (non-hydrogen) atoms. The molecule has 1 aromatic carbocycles. The third kappa shape index (κ3) is 1.34. The minimum absolute atomic E-state index is 1.13. The molecule has 0 fully saturated rings. The number of hydrogen-bond donors (Lipinski definition) is 0. The number of hydrogen-bond acceptors (Lipinski definition) is 0. The molecule has 1 rings (SSSR count). The summed E-state index contributed by atoms with van der Waals surface area (Å²) in [5.41, 5.74) is 0. The molecule has 0 atom stereocenters. The average molecular weight is 156 g/mol. The van der Waals surface area contributed by atoms with Crippen molar-refractivity contribution in [1.29, 1.82) is 0 Å². The van der Waals surface area contributed by atoms with E-state index in [4.69, 9.17) is 0 Å². The zero-order chi connectivity index (χ0) is 5.11. The molecule has 0 nitrogen and oxygen atoms in total. The van der Waals surface area contributed by atoms with Crippen molar-refractivity contribution in [3.63, 3.8) is 0 Å². The first-order valence-corrected chi connectivity index (χ1v) is 2.99. The van der Waals surface area contributed by atoms with E-state index in [1.54, 1.807) is 0 Å². The zero-order valence-corrected chi connectivity index (χ0v) is 5.63. The summed E-state index contributed by atoms with van der Waals surface area (Å²) in [5, 5.41) is 0. The molecule has 0 heterocycles. The summed E-state index contributed by atoms with van der Waals surface area (Å²) in [6.07, 6.45) is 0. The Kier molecular flexibility index (Phi) is 1.50. The molecule has 0 amide bonds. The van der Waals surface area contributed by atoms with Crippen LogP contribution in [-0.4, -0.2) is 16.0 Å². The zero-order valence-electron chi connectivity index (χ0n) is 3.76. The fourth-order valence-corrected chi connectivity index (χ4v) is 0.721. The topological polar surface area (TPSA) is 0 Å².